The van der Waals surface area contributed by atoms with Gasteiger partial charge in [-0.3, -0.25) is 0 Å². The van der Waals surface area contributed by atoms with Crippen LogP contribution in [0.2, 0.25) is 0 Å². The number of thiocarbonyl (C=S) groups is 1. The zero-order valence-electron chi connectivity index (χ0n) is 13.8. The molecular formula is C17H28N2S. The fraction of sp³-hybridized carbons (Fsp3) is 0.588. The molecule has 3 heteroatoms. The topological polar surface area (TPSA) is 24.1 Å². The van der Waals surface area contributed by atoms with Gasteiger partial charge in [0.1, 0.15) is 0 Å². The van der Waals surface area contributed by atoms with Gasteiger partial charge in [-0.2, -0.15) is 0 Å². The Labute approximate surface area is 129 Å². The summed E-state index contributed by atoms with van der Waals surface area (Å²) in [6.45, 7) is 15.3. The normalized spacial score (nSPS) is 12.2. The van der Waals surface area contributed by atoms with Crippen LogP contribution in [0.1, 0.15) is 52.2 Å². The van der Waals surface area contributed by atoms with E-state index < -0.39 is 0 Å². The molecule has 0 aromatic heterocycles. The van der Waals surface area contributed by atoms with Gasteiger partial charge >= 0.3 is 0 Å². The lowest BCUT2D eigenvalue weighted by atomic mass is 9.82. The summed E-state index contributed by atoms with van der Waals surface area (Å²) < 4.78 is 0. The third kappa shape index (κ3) is 5.91. The molecule has 0 aliphatic heterocycles. The fourth-order valence-corrected chi connectivity index (χ4v) is 3.09. The molecule has 0 amide bonds. The van der Waals surface area contributed by atoms with E-state index >= 15 is 0 Å². The summed E-state index contributed by atoms with van der Waals surface area (Å²) >= 11 is 5.45. The van der Waals surface area contributed by atoms with Gasteiger partial charge in [0.2, 0.25) is 0 Å². The highest BCUT2D eigenvalue weighted by Gasteiger charge is 2.26. The molecule has 1 aromatic carbocycles. The van der Waals surface area contributed by atoms with Crippen LogP contribution in [-0.2, 0) is 0 Å². The summed E-state index contributed by atoms with van der Waals surface area (Å²) in [4.78, 5) is 0. The first kappa shape index (κ1) is 17.0. The van der Waals surface area contributed by atoms with Gasteiger partial charge in [-0.25, -0.2) is 0 Å². The van der Waals surface area contributed by atoms with Gasteiger partial charge in [-0.1, -0.05) is 32.9 Å². The summed E-state index contributed by atoms with van der Waals surface area (Å²) in [6.07, 6.45) is 1.05. The average Bonchev–Trinajstić information content (AvgIpc) is 2.18. The van der Waals surface area contributed by atoms with Crippen LogP contribution in [0, 0.1) is 19.3 Å². The van der Waals surface area contributed by atoms with Crippen molar-refractivity contribution < 1.29 is 0 Å². The van der Waals surface area contributed by atoms with E-state index in [1.54, 1.807) is 0 Å². The monoisotopic (exact) mass is 292 g/mol. The van der Waals surface area contributed by atoms with Crippen LogP contribution < -0.4 is 10.6 Å². The molecule has 0 heterocycles. The molecule has 0 unspecified atom stereocenters. The molecule has 0 saturated carbocycles. The van der Waals surface area contributed by atoms with Crippen molar-refractivity contribution in [3.63, 3.8) is 0 Å². The summed E-state index contributed by atoms with van der Waals surface area (Å²) in [6, 6.07) is 6.35. The summed E-state index contributed by atoms with van der Waals surface area (Å²) in [7, 11) is 0. The molecule has 0 radical (unpaired) electrons. The van der Waals surface area contributed by atoms with Crippen LogP contribution >= 0.6 is 12.2 Å². The van der Waals surface area contributed by atoms with Crippen molar-refractivity contribution in [2.75, 3.05) is 5.32 Å². The Kier molecular flexibility index (Phi) is 5.20. The Hall–Kier alpha value is -1.09. The van der Waals surface area contributed by atoms with Gasteiger partial charge in [0.15, 0.2) is 5.11 Å². The van der Waals surface area contributed by atoms with Gasteiger partial charge in [0.05, 0.1) is 0 Å². The molecule has 0 saturated heterocycles. The number of nitrogens with one attached hydrogen (secondary N) is 2. The summed E-state index contributed by atoms with van der Waals surface area (Å²) in [5, 5.41) is 7.43. The highest BCUT2D eigenvalue weighted by atomic mass is 32.1. The molecule has 2 nitrogen and oxygen atoms in total. The van der Waals surface area contributed by atoms with E-state index in [4.69, 9.17) is 12.2 Å². The molecule has 112 valence electrons. The van der Waals surface area contributed by atoms with Crippen molar-refractivity contribution in [1.82, 2.24) is 5.32 Å². The average molecular weight is 292 g/mol. The zero-order valence-corrected chi connectivity index (χ0v) is 14.7. The Morgan fingerprint density at radius 3 is 2.25 bits per heavy atom. The Morgan fingerprint density at radius 1 is 1.10 bits per heavy atom. The molecule has 1 aromatic rings. The predicted octanol–water partition coefficient (Wildman–Crippen LogP) is 4.80. The van der Waals surface area contributed by atoms with Crippen LogP contribution in [0.15, 0.2) is 18.2 Å². The molecule has 0 bridgehead atoms. The quantitative estimate of drug-likeness (QED) is 0.782. The van der Waals surface area contributed by atoms with Crippen molar-refractivity contribution in [3.05, 3.63) is 29.3 Å². The van der Waals surface area contributed by atoms with Gasteiger partial charge in [0, 0.05) is 11.2 Å². The second-order valence-corrected chi connectivity index (χ2v) is 7.93. The van der Waals surface area contributed by atoms with E-state index in [-0.39, 0.29) is 11.0 Å². The smallest absolute Gasteiger partial charge is 0.171 e. The van der Waals surface area contributed by atoms with E-state index in [1.165, 1.54) is 11.1 Å². The molecule has 0 atom stereocenters. The molecule has 0 aliphatic carbocycles. The predicted molar refractivity (Wildman–Crippen MR) is 93.4 cm³/mol. The first-order chi connectivity index (χ1) is 8.98. The number of rotatable bonds is 3. The van der Waals surface area contributed by atoms with Gasteiger partial charge in [0.25, 0.3) is 0 Å². The maximum atomic E-state index is 5.45. The second kappa shape index (κ2) is 6.13. The molecule has 2 N–H and O–H groups in total. The van der Waals surface area contributed by atoms with E-state index in [2.05, 4.69) is 77.3 Å². The third-order valence-corrected chi connectivity index (χ3v) is 3.27. The number of benzene rings is 1. The number of anilines is 1. The summed E-state index contributed by atoms with van der Waals surface area (Å²) in [5.74, 6) is 0. The first-order valence-electron chi connectivity index (χ1n) is 7.15. The lowest BCUT2D eigenvalue weighted by Crippen LogP contribution is -2.47. The molecule has 1 rings (SSSR count). The van der Waals surface area contributed by atoms with Crippen LogP contribution in [0.3, 0.4) is 0 Å². The van der Waals surface area contributed by atoms with Crippen LogP contribution in [-0.4, -0.2) is 10.7 Å². The third-order valence-electron chi connectivity index (χ3n) is 3.07. The molecule has 0 spiro atoms. The highest BCUT2D eigenvalue weighted by Crippen LogP contribution is 2.27. The van der Waals surface area contributed by atoms with Crippen molar-refractivity contribution in [2.45, 2.75) is 60.4 Å². The molecule has 0 aliphatic rings. The van der Waals surface area contributed by atoms with Crippen LogP contribution in [0.25, 0.3) is 0 Å². The van der Waals surface area contributed by atoms with Crippen LogP contribution in [0.4, 0.5) is 5.69 Å². The number of aryl methyl sites for hydroxylation is 2. The number of hydrogen-bond donors (Lipinski definition) is 2. The van der Waals surface area contributed by atoms with Crippen LogP contribution in [0.5, 0.6) is 0 Å². The van der Waals surface area contributed by atoms with Crippen molar-refractivity contribution in [3.8, 4) is 0 Å². The van der Waals surface area contributed by atoms with E-state index in [0.717, 1.165) is 12.1 Å². The maximum absolute atomic E-state index is 5.45. The lowest BCUT2D eigenvalue weighted by Gasteiger charge is -2.34. The zero-order chi connectivity index (χ0) is 15.6. The Balaban J connectivity index is 2.70. The van der Waals surface area contributed by atoms with E-state index in [1.807, 2.05) is 0 Å². The largest absolute Gasteiger partial charge is 0.358 e. The summed E-state index contributed by atoms with van der Waals surface area (Å²) in [5.41, 5.74) is 3.75. The fourth-order valence-electron chi connectivity index (χ4n) is 2.70. The second-order valence-electron chi connectivity index (χ2n) is 7.52. The van der Waals surface area contributed by atoms with Gasteiger partial charge in [-0.05, 0) is 68.9 Å². The highest BCUT2D eigenvalue weighted by molar-refractivity contribution is 7.80. The first-order valence-corrected chi connectivity index (χ1v) is 7.56. The van der Waals surface area contributed by atoms with Gasteiger partial charge in [-0.15, -0.1) is 0 Å². The minimum absolute atomic E-state index is 0.0277. The number of hydrogen-bond acceptors (Lipinski definition) is 1. The van der Waals surface area contributed by atoms with Gasteiger partial charge < -0.3 is 10.6 Å². The SMILES string of the molecule is Cc1ccc(C)c(NC(=S)NC(C)(C)CC(C)(C)C)c1. The van der Waals surface area contributed by atoms with E-state index in [9.17, 15) is 0 Å². The maximum Gasteiger partial charge on any atom is 0.171 e. The standard InChI is InChI=1S/C17H28N2S/c1-12-8-9-13(2)14(10-12)18-15(20)19-17(6,7)11-16(3,4)5/h8-10H,11H2,1-7H3,(H2,18,19,20). The molecule has 20 heavy (non-hydrogen) atoms. The van der Waals surface area contributed by atoms with Crippen molar-refractivity contribution >= 4 is 23.0 Å². The lowest BCUT2D eigenvalue weighted by molar-refractivity contribution is 0.268. The Morgan fingerprint density at radius 2 is 1.70 bits per heavy atom. The van der Waals surface area contributed by atoms with Crippen molar-refractivity contribution in [2.24, 2.45) is 5.41 Å². The molecular weight excluding hydrogens is 264 g/mol. The minimum Gasteiger partial charge on any atom is -0.358 e. The van der Waals surface area contributed by atoms with Crippen molar-refractivity contribution in [1.29, 1.82) is 0 Å². The minimum atomic E-state index is -0.0277. The molecule has 0 fully saturated rings. The van der Waals surface area contributed by atoms with E-state index in [0.29, 0.717) is 5.11 Å². The Bertz CT molecular complexity index is 484.